The highest BCUT2D eigenvalue weighted by molar-refractivity contribution is 7.99. The lowest BCUT2D eigenvalue weighted by atomic mass is 10.0. The highest BCUT2D eigenvalue weighted by Crippen LogP contribution is 2.36. The Labute approximate surface area is 228 Å². The van der Waals surface area contributed by atoms with Crippen LogP contribution in [0.3, 0.4) is 0 Å². The monoisotopic (exact) mass is 530 g/mol. The Bertz CT molecular complexity index is 1330. The fourth-order valence-electron chi connectivity index (χ4n) is 4.18. The first kappa shape index (κ1) is 27.1. The van der Waals surface area contributed by atoms with E-state index < -0.39 is 0 Å². The largest absolute Gasteiger partial charge is 0.497 e. The van der Waals surface area contributed by atoms with Crippen LogP contribution in [-0.4, -0.2) is 42.1 Å². The molecule has 198 valence electrons. The highest BCUT2D eigenvalue weighted by atomic mass is 32.2. The van der Waals surface area contributed by atoms with Crippen molar-refractivity contribution in [3.05, 3.63) is 78.9 Å². The van der Waals surface area contributed by atoms with Crippen molar-refractivity contribution in [1.82, 2.24) is 14.9 Å². The predicted molar refractivity (Wildman–Crippen MR) is 155 cm³/mol. The van der Waals surface area contributed by atoms with Gasteiger partial charge in [-0.05, 0) is 31.9 Å². The molecule has 4 aromatic rings. The number of ether oxygens (including phenoxy) is 2. The zero-order valence-electron chi connectivity index (χ0n) is 22.1. The molecule has 0 atom stereocenters. The van der Waals surface area contributed by atoms with Gasteiger partial charge in [-0.1, -0.05) is 72.4 Å². The molecule has 0 saturated heterocycles. The van der Waals surface area contributed by atoms with E-state index in [1.165, 1.54) is 0 Å². The number of carbonyl (C=O) groups is 1. The van der Waals surface area contributed by atoms with Crippen LogP contribution in [0.2, 0.25) is 0 Å². The molecule has 0 aliphatic rings. The van der Waals surface area contributed by atoms with Crippen molar-refractivity contribution in [2.45, 2.75) is 31.5 Å². The number of unbranched alkanes of at least 4 members (excludes halogenated alkanes) is 1. The van der Waals surface area contributed by atoms with Crippen molar-refractivity contribution in [3.8, 4) is 34.0 Å². The zero-order valence-corrected chi connectivity index (χ0v) is 22.9. The number of thioether (sulfide) groups is 1. The maximum atomic E-state index is 12.4. The molecule has 1 heterocycles. The van der Waals surface area contributed by atoms with Gasteiger partial charge >= 0.3 is 6.03 Å². The van der Waals surface area contributed by atoms with Crippen LogP contribution < -0.4 is 20.1 Å². The van der Waals surface area contributed by atoms with Crippen molar-refractivity contribution < 1.29 is 14.3 Å². The molecule has 2 amide bonds. The van der Waals surface area contributed by atoms with E-state index in [1.807, 2.05) is 12.1 Å². The van der Waals surface area contributed by atoms with Gasteiger partial charge in [0.25, 0.3) is 0 Å². The minimum Gasteiger partial charge on any atom is -0.497 e. The average molecular weight is 531 g/mol. The minimum atomic E-state index is -0.261. The third-order valence-corrected chi connectivity index (χ3v) is 7.15. The summed E-state index contributed by atoms with van der Waals surface area (Å²) >= 11 is 1.76. The van der Waals surface area contributed by atoms with Gasteiger partial charge in [-0.3, -0.25) is 0 Å². The molecule has 1 aromatic heterocycles. The van der Waals surface area contributed by atoms with E-state index >= 15 is 0 Å². The van der Waals surface area contributed by atoms with Gasteiger partial charge in [0, 0.05) is 36.0 Å². The first-order chi connectivity index (χ1) is 18.6. The number of benzene rings is 3. The van der Waals surface area contributed by atoms with E-state index in [9.17, 15) is 4.79 Å². The molecule has 3 aromatic carbocycles. The SMILES string of the molecule is CCn1c(SCCCCNC(=O)Nc2ccc(OC)cc2OC)nc(-c2ccccc2)c1-c1ccccc1. The number of amides is 2. The van der Waals surface area contributed by atoms with E-state index in [-0.39, 0.29) is 6.03 Å². The van der Waals surface area contributed by atoms with E-state index in [0.29, 0.717) is 23.7 Å². The summed E-state index contributed by atoms with van der Waals surface area (Å²) in [7, 11) is 3.15. The summed E-state index contributed by atoms with van der Waals surface area (Å²) in [6.07, 6.45) is 1.82. The lowest BCUT2D eigenvalue weighted by Gasteiger charge is -2.12. The van der Waals surface area contributed by atoms with Gasteiger partial charge in [0.1, 0.15) is 11.5 Å². The Morgan fingerprint density at radius 1 is 0.921 bits per heavy atom. The molecule has 0 spiro atoms. The molecule has 0 aliphatic carbocycles. The number of nitrogens with one attached hydrogen (secondary N) is 2. The molecule has 0 unspecified atom stereocenters. The summed E-state index contributed by atoms with van der Waals surface area (Å²) in [6, 6.07) is 25.8. The van der Waals surface area contributed by atoms with Crippen LogP contribution in [0.15, 0.2) is 84.0 Å². The fourth-order valence-corrected chi connectivity index (χ4v) is 5.25. The molecule has 0 bridgehead atoms. The van der Waals surface area contributed by atoms with Crippen molar-refractivity contribution in [1.29, 1.82) is 0 Å². The second-order valence-corrected chi connectivity index (χ2v) is 9.63. The number of aromatic nitrogens is 2. The molecule has 2 N–H and O–H groups in total. The third kappa shape index (κ3) is 6.69. The first-order valence-electron chi connectivity index (χ1n) is 12.8. The number of carbonyl (C=O) groups excluding carboxylic acids is 1. The van der Waals surface area contributed by atoms with E-state index in [4.69, 9.17) is 14.5 Å². The van der Waals surface area contributed by atoms with Crippen LogP contribution in [0.25, 0.3) is 22.5 Å². The smallest absolute Gasteiger partial charge is 0.319 e. The first-order valence-corrected chi connectivity index (χ1v) is 13.7. The molecular weight excluding hydrogens is 496 g/mol. The molecule has 4 rings (SSSR count). The number of urea groups is 1. The van der Waals surface area contributed by atoms with E-state index in [2.05, 4.69) is 70.7 Å². The van der Waals surface area contributed by atoms with Crippen molar-refractivity contribution in [3.63, 3.8) is 0 Å². The Kier molecular flexibility index (Phi) is 9.70. The Hall–Kier alpha value is -3.91. The summed E-state index contributed by atoms with van der Waals surface area (Å²) in [5.41, 5.74) is 5.03. The van der Waals surface area contributed by atoms with Gasteiger partial charge in [-0.2, -0.15) is 0 Å². The van der Waals surface area contributed by atoms with Gasteiger partial charge in [0.2, 0.25) is 0 Å². The number of hydrogen-bond donors (Lipinski definition) is 2. The van der Waals surface area contributed by atoms with Crippen molar-refractivity contribution in [2.24, 2.45) is 0 Å². The van der Waals surface area contributed by atoms with Gasteiger partial charge < -0.3 is 24.7 Å². The fraction of sp³-hybridized carbons (Fsp3) is 0.267. The number of methoxy groups -OCH3 is 2. The quantitative estimate of drug-likeness (QED) is 0.153. The van der Waals surface area contributed by atoms with Crippen LogP contribution >= 0.6 is 11.8 Å². The van der Waals surface area contributed by atoms with Crippen LogP contribution in [0.4, 0.5) is 10.5 Å². The summed E-state index contributed by atoms with van der Waals surface area (Å²) in [4.78, 5) is 17.4. The highest BCUT2D eigenvalue weighted by Gasteiger charge is 2.19. The second-order valence-electron chi connectivity index (χ2n) is 8.57. The molecule has 7 nitrogen and oxygen atoms in total. The molecule has 8 heteroatoms. The summed E-state index contributed by atoms with van der Waals surface area (Å²) in [6.45, 7) is 3.58. The summed E-state index contributed by atoms with van der Waals surface area (Å²) in [5.74, 6) is 2.13. The molecule has 0 fully saturated rings. The van der Waals surface area contributed by atoms with Gasteiger partial charge in [0.05, 0.1) is 31.3 Å². The van der Waals surface area contributed by atoms with E-state index in [1.54, 1.807) is 44.2 Å². The van der Waals surface area contributed by atoms with Gasteiger partial charge in [0.15, 0.2) is 5.16 Å². The van der Waals surface area contributed by atoms with Crippen LogP contribution in [0.5, 0.6) is 11.5 Å². The van der Waals surface area contributed by atoms with Crippen LogP contribution in [-0.2, 0) is 6.54 Å². The Balaban J connectivity index is 1.33. The van der Waals surface area contributed by atoms with E-state index in [0.717, 1.165) is 52.8 Å². The summed E-state index contributed by atoms with van der Waals surface area (Å²) in [5, 5.41) is 6.77. The number of hydrogen-bond acceptors (Lipinski definition) is 5. The van der Waals surface area contributed by atoms with Crippen LogP contribution in [0.1, 0.15) is 19.8 Å². The predicted octanol–water partition coefficient (Wildman–Crippen LogP) is 6.95. The number of anilines is 1. The van der Waals surface area contributed by atoms with Gasteiger partial charge in [-0.15, -0.1) is 0 Å². The van der Waals surface area contributed by atoms with Crippen molar-refractivity contribution >= 4 is 23.5 Å². The molecular formula is C30H34N4O3S. The lowest BCUT2D eigenvalue weighted by molar-refractivity contribution is 0.252. The average Bonchev–Trinajstić information content (AvgIpc) is 3.34. The summed E-state index contributed by atoms with van der Waals surface area (Å²) < 4.78 is 12.8. The zero-order chi connectivity index (χ0) is 26.7. The maximum Gasteiger partial charge on any atom is 0.319 e. The molecule has 38 heavy (non-hydrogen) atoms. The Morgan fingerprint density at radius 3 is 2.29 bits per heavy atom. The third-order valence-electron chi connectivity index (χ3n) is 6.09. The van der Waals surface area contributed by atoms with Gasteiger partial charge in [-0.25, -0.2) is 9.78 Å². The minimum absolute atomic E-state index is 0.261. The topological polar surface area (TPSA) is 77.4 Å². The van der Waals surface area contributed by atoms with Crippen LogP contribution in [0, 0.1) is 0 Å². The lowest BCUT2D eigenvalue weighted by Crippen LogP contribution is -2.29. The Morgan fingerprint density at radius 2 is 1.63 bits per heavy atom. The molecule has 0 radical (unpaired) electrons. The number of nitrogens with zero attached hydrogens (tertiary/aromatic N) is 2. The second kappa shape index (κ2) is 13.6. The number of imidazole rings is 1. The molecule has 0 aliphatic heterocycles. The maximum absolute atomic E-state index is 12.4. The normalized spacial score (nSPS) is 10.7. The molecule has 0 saturated carbocycles. The standard InChI is InChI=1S/C30H34N4O3S/c1-4-34-28(23-15-9-6-10-16-23)27(22-13-7-5-8-14-22)33-30(34)38-20-12-11-19-31-29(35)32-25-18-17-24(36-2)21-26(25)37-3/h5-10,13-18,21H,4,11-12,19-20H2,1-3H3,(H2,31,32,35). The van der Waals surface area contributed by atoms with Crippen molar-refractivity contribution in [2.75, 3.05) is 31.8 Å². The number of rotatable bonds is 12.